The molecule has 2 heterocycles. The van der Waals surface area contributed by atoms with Crippen LogP contribution >= 0.6 is 11.3 Å². The van der Waals surface area contributed by atoms with Gasteiger partial charge in [-0.1, -0.05) is 37.3 Å². The van der Waals surface area contributed by atoms with Crippen molar-refractivity contribution in [2.45, 2.75) is 20.3 Å². The number of carbonyl (C=O) groups is 1. The van der Waals surface area contributed by atoms with Crippen LogP contribution in [0.4, 0.5) is 0 Å². The van der Waals surface area contributed by atoms with E-state index in [4.69, 9.17) is 4.74 Å². The number of amides is 1. The molecule has 3 nitrogen and oxygen atoms in total. The number of rotatable bonds is 4. The van der Waals surface area contributed by atoms with Crippen LogP contribution < -0.4 is 4.74 Å². The van der Waals surface area contributed by atoms with Crippen LogP contribution in [0.2, 0.25) is 0 Å². The van der Waals surface area contributed by atoms with E-state index in [1.54, 1.807) is 0 Å². The molecule has 1 unspecified atom stereocenters. The summed E-state index contributed by atoms with van der Waals surface area (Å²) in [6, 6.07) is 12.1. The third-order valence-corrected chi connectivity index (χ3v) is 5.11. The van der Waals surface area contributed by atoms with Crippen LogP contribution in [0.25, 0.3) is 10.4 Å². The number of benzene rings is 1. The fraction of sp³-hybridized carbons (Fsp3) is 0.389. The second-order valence-electron chi connectivity index (χ2n) is 5.75. The standard InChI is InChI=1S/C18H21NO2S/c1-3-21-15-11-16(14-7-5-4-6-8-14)22-17(15)18(20)19-10-9-13(2)12-19/h4-8,11,13H,3,9-10,12H2,1-2H3. The molecule has 1 aliphatic heterocycles. The van der Waals surface area contributed by atoms with Gasteiger partial charge in [0.25, 0.3) is 5.91 Å². The van der Waals surface area contributed by atoms with Gasteiger partial charge in [0.2, 0.25) is 0 Å². The predicted octanol–water partition coefficient (Wildman–Crippen LogP) is 4.30. The summed E-state index contributed by atoms with van der Waals surface area (Å²) in [6.45, 7) is 6.42. The van der Waals surface area contributed by atoms with E-state index in [0.717, 1.165) is 40.6 Å². The van der Waals surface area contributed by atoms with Gasteiger partial charge in [0, 0.05) is 18.0 Å². The van der Waals surface area contributed by atoms with E-state index in [0.29, 0.717) is 12.5 Å². The molecule has 0 saturated carbocycles. The number of hydrogen-bond acceptors (Lipinski definition) is 3. The second kappa shape index (κ2) is 6.53. The predicted molar refractivity (Wildman–Crippen MR) is 90.6 cm³/mol. The molecule has 2 aromatic rings. The third kappa shape index (κ3) is 3.02. The highest BCUT2D eigenvalue weighted by atomic mass is 32.1. The monoisotopic (exact) mass is 315 g/mol. The summed E-state index contributed by atoms with van der Waals surface area (Å²) < 4.78 is 5.71. The van der Waals surface area contributed by atoms with Gasteiger partial charge in [-0.05, 0) is 30.9 Å². The van der Waals surface area contributed by atoms with Crippen molar-refractivity contribution < 1.29 is 9.53 Å². The Labute approximate surface area is 135 Å². The molecule has 0 spiro atoms. The van der Waals surface area contributed by atoms with E-state index >= 15 is 0 Å². The Bertz CT molecular complexity index is 650. The lowest BCUT2D eigenvalue weighted by Crippen LogP contribution is -2.28. The van der Waals surface area contributed by atoms with Crippen molar-refractivity contribution in [2.75, 3.05) is 19.7 Å². The van der Waals surface area contributed by atoms with E-state index in [1.807, 2.05) is 36.1 Å². The van der Waals surface area contributed by atoms with Crippen molar-refractivity contribution >= 4 is 17.2 Å². The highest BCUT2D eigenvalue weighted by Crippen LogP contribution is 2.37. The minimum Gasteiger partial charge on any atom is -0.492 e. The Morgan fingerprint density at radius 3 is 2.77 bits per heavy atom. The number of likely N-dealkylation sites (tertiary alicyclic amines) is 1. The highest BCUT2D eigenvalue weighted by molar-refractivity contribution is 7.17. The number of hydrogen-bond donors (Lipinski definition) is 0. The van der Waals surface area contributed by atoms with Gasteiger partial charge in [-0.3, -0.25) is 4.79 Å². The summed E-state index contributed by atoms with van der Waals surface area (Å²) in [7, 11) is 0. The van der Waals surface area contributed by atoms with Crippen LogP contribution in [0.15, 0.2) is 36.4 Å². The maximum atomic E-state index is 12.8. The first-order chi connectivity index (χ1) is 10.7. The minimum absolute atomic E-state index is 0.111. The zero-order valence-electron chi connectivity index (χ0n) is 13.0. The van der Waals surface area contributed by atoms with E-state index in [1.165, 1.54) is 11.3 Å². The van der Waals surface area contributed by atoms with E-state index in [9.17, 15) is 4.79 Å². The highest BCUT2D eigenvalue weighted by Gasteiger charge is 2.28. The summed E-state index contributed by atoms with van der Waals surface area (Å²) >= 11 is 1.53. The quantitative estimate of drug-likeness (QED) is 0.842. The average molecular weight is 315 g/mol. The topological polar surface area (TPSA) is 29.5 Å². The molecule has 0 aliphatic carbocycles. The zero-order chi connectivity index (χ0) is 15.5. The molecule has 0 N–H and O–H groups in total. The number of nitrogens with zero attached hydrogens (tertiary/aromatic N) is 1. The van der Waals surface area contributed by atoms with Crippen molar-refractivity contribution in [3.8, 4) is 16.2 Å². The number of thiophene rings is 1. The van der Waals surface area contributed by atoms with Gasteiger partial charge in [-0.15, -0.1) is 11.3 Å². The van der Waals surface area contributed by atoms with Crippen molar-refractivity contribution in [1.29, 1.82) is 0 Å². The van der Waals surface area contributed by atoms with Gasteiger partial charge in [0.1, 0.15) is 10.6 Å². The smallest absolute Gasteiger partial charge is 0.267 e. The maximum Gasteiger partial charge on any atom is 0.267 e. The number of ether oxygens (including phenoxy) is 1. The Kier molecular flexibility index (Phi) is 4.48. The molecule has 4 heteroatoms. The minimum atomic E-state index is 0.111. The summed E-state index contributed by atoms with van der Waals surface area (Å²) in [5.74, 6) is 1.42. The Balaban J connectivity index is 1.92. The largest absolute Gasteiger partial charge is 0.492 e. The fourth-order valence-electron chi connectivity index (χ4n) is 2.79. The molecule has 1 fully saturated rings. The molecular weight excluding hydrogens is 294 g/mol. The maximum absolute atomic E-state index is 12.8. The molecular formula is C18H21NO2S. The van der Waals surface area contributed by atoms with Gasteiger partial charge in [0.15, 0.2) is 0 Å². The normalized spacial score (nSPS) is 17.7. The molecule has 116 valence electrons. The van der Waals surface area contributed by atoms with Crippen molar-refractivity contribution in [1.82, 2.24) is 4.90 Å². The van der Waals surface area contributed by atoms with Gasteiger partial charge in [0.05, 0.1) is 6.61 Å². The first kappa shape index (κ1) is 15.1. The van der Waals surface area contributed by atoms with E-state index in [2.05, 4.69) is 19.1 Å². The fourth-order valence-corrected chi connectivity index (χ4v) is 3.87. The number of carbonyl (C=O) groups excluding carboxylic acids is 1. The molecule has 22 heavy (non-hydrogen) atoms. The summed E-state index contributed by atoms with van der Waals surface area (Å²) in [4.78, 5) is 16.6. The summed E-state index contributed by atoms with van der Waals surface area (Å²) in [5, 5.41) is 0. The molecule has 1 atom stereocenters. The molecule has 1 aliphatic rings. The molecule has 1 aromatic heterocycles. The van der Waals surface area contributed by atoms with Crippen molar-refractivity contribution in [2.24, 2.45) is 5.92 Å². The summed E-state index contributed by atoms with van der Waals surface area (Å²) in [6.07, 6.45) is 1.09. The van der Waals surface area contributed by atoms with Crippen LogP contribution in [-0.2, 0) is 0 Å². The van der Waals surface area contributed by atoms with Gasteiger partial charge in [-0.2, -0.15) is 0 Å². The van der Waals surface area contributed by atoms with Crippen LogP contribution in [0.5, 0.6) is 5.75 Å². The molecule has 1 aromatic carbocycles. The first-order valence-electron chi connectivity index (χ1n) is 7.80. The molecule has 3 rings (SSSR count). The van der Waals surface area contributed by atoms with Crippen molar-refractivity contribution in [3.63, 3.8) is 0 Å². The molecule has 1 amide bonds. The molecule has 0 bridgehead atoms. The average Bonchev–Trinajstić information content (AvgIpc) is 3.15. The van der Waals surface area contributed by atoms with Crippen LogP contribution in [-0.4, -0.2) is 30.5 Å². The second-order valence-corrected chi connectivity index (χ2v) is 6.80. The SMILES string of the molecule is CCOc1cc(-c2ccccc2)sc1C(=O)N1CCC(C)C1. The molecule has 0 radical (unpaired) electrons. The van der Waals surface area contributed by atoms with Crippen molar-refractivity contribution in [3.05, 3.63) is 41.3 Å². The Morgan fingerprint density at radius 1 is 1.36 bits per heavy atom. The molecule has 1 saturated heterocycles. The lowest BCUT2D eigenvalue weighted by Gasteiger charge is -2.15. The lowest BCUT2D eigenvalue weighted by atomic mass is 10.2. The van der Waals surface area contributed by atoms with Gasteiger partial charge < -0.3 is 9.64 Å². The van der Waals surface area contributed by atoms with Crippen LogP contribution in [0, 0.1) is 5.92 Å². The Hall–Kier alpha value is -1.81. The first-order valence-corrected chi connectivity index (χ1v) is 8.62. The van der Waals surface area contributed by atoms with E-state index < -0.39 is 0 Å². The van der Waals surface area contributed by atoms with E-state index in [-0.39, 0.29) is 5.91 Å². The summed E-state index contributed by atoms with van der Waals surface area (Å²) in [5.41, 5.74) is 1.13. The van der Waals surface area contributed by atoms with Gasteiger partial charge in [-0.25, -0.2) is 0 Å². The van der Waals surface area contributed by atoms with Crippen LogP contribution in [0.1, 0.15) is 29.9 Å². The zero-order valence-corrected chi connectivity index (χ0v) is 13.9. The Morgan fingerprint density at radius 2 is 2.14 bits per heavy atom. The third-order valence-electron chi connectivity index (χ3n) is 3.96. The van der Waals surface area contributed by atoms with Crippen LogP contribution in [0.3, 0.4) is 0 Å². The van der Waals surface area contributed by atoms with Gasteiger partial charge >= 0.3 is 0 Å². The lowest BCUT2D eigenvalue weighted by molar-refractivity contribution is 0.0789.